The van der Waals surface area contributed by atoms with E-state index in [9.17, 15) is 0 Å². The highest BCUT2D eigenvalue weighted by Crippen LogP contribution is 2.46. The van der Waals surface area contributed by atoms with Crippen LogP contribution in [0.4, 0.5) is 5.82 Å². The highest BCUT2D eigenvalue weighted by Gasteiger charge is 2.47. The van der Waals surface area contributed by atoms with Gasteiger partial charge < -0.3 is 4.90 Å². The standard InChI is InChI=1S/C21H26N6/c1-13-7-5-6-8-16(13)19-18-12-27(11-15(18)10-25(19)3)21-17-9-22-26(4)20(17)23-14(2)24-21/h5-9,15,18-19H,10-12H2,1-4H3/t15-,18+,19+/m0/s1. The second-order valence-corrected chi connectivity index (χ2v) is 8.17. The number of likely N-dealkylation sites (tertiary alicyclic amines) is 1. The van der Waals surface area contributed by atoms with E-state index in [1.54, 1.807) is 0 Å². The quantitative estimate of drug-likeness (QED) is 0.702. The Morgan fingerprint density at radius 3 is 2.63 bits per heavy atom. The molecule has 4 heterocycles. The first-order valence-corrected chi connectivity index (χ1v) is 9.70. The van der Waals surface area contributed by atoms with Gasteiger partial charge in [-0.15, -0.1) is 0 Å². The summed E-state index contributed by atoms with van der Waals surface area (Å²) in [5.41, 5.74) is 3.78. The lowest BCUT2D eigenvalue weighted by atomic mass is 9.88. The number of aryl methyl sites for hydroxylation is 3. The van der Waals surface area contributed by atoms with E-state index in [1.165, 1.54) is 11.1 Å². The molecule has 1 aromatic carbocycles. The van der Waals surface area contributed by atoms with Crippen molar-refractivity contribution < 1.29 is 0 Å². The van der Waals surface area contributed by atoms with E-state index >= 15 is 0 Å². The number of fused-ring (bicyclic) bond motifs is 2. The third kappa shape index (κ3) is 2.54. The average Bonchev–Trinajstić information content (AvgIpc) is 3.28. The zero-order chi connectivity index (χ0) is 18.7. The third-order valence-corrected chi connectivity index (χ3v) is 6.38. The largest absolute Gasteiger partial charge is 0.355 e. The molecule has 2 saturated heterocycles. The van der Waals surface area contributed by atoms with Gasteiger partial charge in [0.25, 0.3) is 0 Å². The Morgan fingerprint density at radius 1 is 1.00 bits per heavy atom. The molecule has 0 N–H and O–H groups in total. The van der Waals surface area contributed by atoms with Crippen molar-refractivity contribution in [2.45, 2.75) is 19.9 Å². The fourth-order valence-corrected chi connectivity index (χ4v) is 5.17. The maximum Gasteiger partial charge on any atom is 0.163 e. The fraction of sp³-hybridized carbons (Fsp3) is 0.476. The van der Waals surface area contributed by atoms with Gasteiger partial charge in [0.05, 0.1) is 11.6 Å². The van der Waals surface area contributed by atoms with Crippen LogP contribution >= 0.6 is 0 Å². The summed E-state index contributed by atoms with van der Waals surface area (Å²) >= 11 is 0. The van der Waals surface area contributed by atoms with Gasteiger partial charge in [0.2, 0.25) is 0 Å². The van der Waals surface area contributed by atoms with Crippen molar-refractivity contribution in [1.82, 2.24) is 24.6 Å². The van der Waals surface area contributed by atoms with Crippen molar-refractivity contribution in [3.05, 3.63) is 47.4 Å². The zero-order valence-corrected chi connectivity index (χ0v) is 16.4. The maximum atomic E-state index is 4.81. The number of aromatic nitrogens is 4. The molecular weight excluding hydrogens is 336 g/mol. The Morgan fingerprint density at radius 2 is 1.81 bits per heavy atom. The lowest BCUT2D eigenvalue weighted by Crippen LogP contribution is -2.30. The second kappa shape index (κ2) is 6.02. The predicted molar refractivity (Wildman–Crippen MR) is 107 cm³/mol. The van der Waals surface area contributed by atoms with Crippen LogP contribution in [0.2, 0.25) is 0 Å². The summed E-state index contributed by atoms with van der Waals surface area (Å²) in [6.45, 7) is 7.43. The average molecular weight is 362 g/mol. The lowest BCUT2D eigenvalue weighted by molar-refractivity contribution is 0.279. The molecule has 0 unspecified atom stereocenters. The number of anilines is 1. The normalized spacial score (nSPS) is 25.5. The molecule has 140 valence electrons. The minimum atomic E-state index is 0.480. The monoisotopic (exact) mass is 362 g/mol. The molecule has 6 heteroatoms. The van der Waals surface area contributed by atoms with Gasteiger partial charge in [-0.1, -0.05) is 24.3 Å². The van der Waals surface area contributed by atoms with E-state index in [4.69, 9.17) is 4.98 Å². The minimum absolute atomic E-state index is 0.480. The predicted octanol–water partition coefficient (Wildman–Crippen LogP) is 2.72. The molecular formula is C21H26N6. The summed E-state index contributed by atoms with van der Waals surface area (Å²) in [4.78, 5) is 14.4. The molecule has 0 radical (unpaired) electrons. The van der Waals surface area contributed by atoms with Crippen molar-refractivity contribution in [3.8, 4) is 0 Å². The van der Waals surface area contributed by atoms with Crippen molar-refractivity contribution in [3.63, 3.8) is 0 Å². The fourth-order valence-electron chi connectivity index (χ4n) is 5.17. The first-order chi connectivity index (χ1) is 13.0. The summed E-state index contributed by atoms with van der Waals surface area (Å²) in [5.74, 6) is 3.15. The Balaban J connectivity index is 1.51. The van der Waals surface area contributed by atoms with Gasteiger partial charge in [-0.3, -0.25) is 9.58 Å². The van der Waals surface area contributed by atoms with Crippen LogP contribution in [0.1, 0.15) is 23.0 Å². The van der Waals surface area contributed by atoms with Crippen LogP contribution < -0.4 is 4.90 Å². The molecule has 2 fully saturated rings. The van der Waals surface area contributed by atoms with E-state index in [0.29, 0.717) is 17.9 Å². The van der Waals surface area contributed by atoms with Crippen LogP contribution in [-0.4, -0.2) is 51.3 Å². The van der Waals surface area contributed by atoms with E-state index in [-0.39, 0.29) is 0 Å². The molecule has 3 atom stereocenters. The molecule has 2 aliphatic rings. The van der Waals surface area contributed by atoms with Gasteiger partial charge in [0.1, 0.15) is 11.6 Å². The Labute approximate surface area is 159 Å². The minimum Gasteiger partial charge on any atom is -0.355 e. The summed E-state index contributed by atoms with van der Waals surface area (Å²) in [7, 11) is 4.22. The first-order valence-electron chi connectivity index (χ1n) is 9.70. The topological polar surface area (TPSA) is 50.1 Å². The van der Waals surface area contributed by atoms with Gasteiger partial charge in [0, 0.05) is 38.6 Å². The Hall–Kier alpha value is -2.47. The van der Waals surface area contributed by atoms with Crippen LogP contribution in [0.25, 0.3) is 11.0 Å². The molecule has 0 saturated carbocycles. The van der Waals surface area contributed by atoms with Crippen LogP contribution in [0.5, 0.6) is 0 Å². The number of rotatable bonds is 2. The molecule has 3 aromatic rings. The van der Waals surface area contributed by atoms with E-state index < -0.39 is 0 Å². The molecule has 5 rings (SSSR count). The van der Waals surface area contributed by atoms with E-state index in [0.717, 1.165) is 42.3 Å². The number of nitrogens with zero attached hydrogens (tertiary/aromatic N) is 6. The van der Waals surface area contributed by atoms with Crippen molar-refractivity contribution in [2.75, 3.05) is 31.6 Å². The van der Waals surface area contributed by atoms with Crippen LogP contribution in [-0.2, 0) is 7.05 Å². The van der Waals surface area contributed by atoms with Crippen molar-refractivity contribution in [2.24, 2.45) is 18.9 Å². The van der Waals surface area contributed by atoms with Crippen LogP contribution in [0.3, 0.4) is 0 Å². The van der Waals surface area contributed by atoms with Gasteiger partial charge in [-0.05, 0) is 37.9 Å². The molecule has 27 heavy (non-hydrogen) atoms. The highest BCUT2D eigenvalue weighted by atomic mass is 15.3. The van der Waals surface area contributed by atoms with E-state index in [1.807, 2.05) is 24.9 Å². The number of hydrogen-bond acceptors (Lipinski definition) is 5. The van der Waals surface area contributed by atoms with Gasteiger partial charge in [-0.2, -0.15) is 5.10 Å². The van der Waals surface area contributed by atoms with Gasteiger partial charge in [-0.25, -0.2) is 9.97 Å². The SMILES string of the molecule is Cc1nc(N2C[C@@H]3CN(C)[C@H](c4ccccc4C)[C@@H]3C2)c2cnn(C)c2n1. The smallest absolute Gasteiger partial charge is 0.163 e. The molecule has 0 bridgehead atoms. The molecule has 0 spiro atoms. The van der Waals surface area contributed by atoms with Gasteiger partial charge >= 0.3 is 0 Å². The van der Waals surface area contributed by atoms with E-state index in [2.05, 4.69) is 58.1 Å². The molecule has 2 aliphatic heterocycles. The molecule has 0 aliphatic carbocycles. The van der Waals surface area contributed by atoms with Crippen molar-refractivity contribution >= 4 is 16.9 Å². The second-order valence-electron chi connectivity index (χ2n) is 8.17. The molecule has 6 nitrogen and oxygen atoms in total. The first kappa shape index (κ1) is 16.7. The third-order valence-electron chi connectivity index (χ3n) is 6.38. The summed E-state index contributed by atoms with van der Waals surface area (Å²) < 4.78 is 1.84. The Bertz CT molecular complexity index is 1010. The van der Waals surface area contributed by atoms with Crippen molar-refractivity contribution in [1.29, 1.82) is 0 Å². The lowest BCUT2D eigenvalue weighted by Gasteiger charge is -2.28. The summed E-state index contributed by atoms with van der Waals surface area (Å²) in [6, 6.07) is 9.32. The Kier molecular flexibility index (Phi) is 3.72. The summed E-state index contributed by atoms with van der Waals surface area (Å²) in [6.07, 6.45) is 1.91. The maximum absolute atomic E-state index is 4.81. The molecule has 2 aromatic heterocycles. The molecule has 0 amide bonds. The number of hydrogen-bond donors (Lipinski definition) is 0. The number of benzene rings is 1. The summed E-state index contributed by atoms with van der Waals surface area (Å²) in [5, 5.41) is 5.47. The van der Waals surface area contributed by atoms with Crippen LogP contribution in [0, 0.1) is 25.7 Å². The highest BCUT2D eigenvalue weighted by molar-refractivity contribution is 5.87. The van der Waals surface area contributed by atoms with Crippen LogP contribution in [0.15, 0.2) is 30.5 Å². The van der Waals surface area contributed by atoms with Gasteiger partial charge in [0.15, 0.2) is 5.65 Å². The zero-order valence-electron chi connectivity index (χ0n) is 16.4.